The summed E-state index contributed by atoms with van der Waals surface area (Å²) in [6, 6.07) is 8.89. The zero-order valence-corrected chi connectivity index (χ0v) is 16.9. The van der Waals surface area contributed by atoms with E-state index in [1.807, 2.05) is 36.1 Å². The van der Waals surface area contributed by atoms with E-state index in [0.29, 0.717) is 17.9 Å². The molecular weight excluding hydrogens is 447 g/mol. The number of fused-ring (bicyclic) bond motifs is 1. The van der Waals surface area contributed by atoms with Crippen molar-refractivity contribution in [2.75, 3.05) is 14.2 Å². The Labute approximate surface area is 168 Å². The predicted molar refractivity (Wildman–Crippen MR) is 94.6 cm³/mol. The van der Waals surface area contributed by atoms with Crippen molar-refractivity contribution in [3.8, 4) is 17.2 Å². The van der Waals surface area contributed by atoms with Crippen LogP contribution >= 0.6 is 0 Å². The van der Waals surface area contributed by atoms with Gasteiger partial charge in [-0.05, 0) is 35.0 Å². The highest BCUT2D eigenvalue weighted by Crippen LogP contribution is 2.34. The zero-order valence-electron chi connectivity index (χ0n) is 14.7. The molecule has 0 fully saturated rings. The van der Waals surface area contributed by atoms with Crippen LogP contribution in [0.25, 0.3) is 10.8 Å². The third-order valence-corrected chi connectivity index (χ3v) is 4.14. The van der Waals surface area contributed by atoms with Crippen LogP contribution in [0.5, 0.6) is 17.2 Å². The average Bonchev–Trinajstić information content (AvgIpc) is 2.60. The average molecular weight is 466 g/mol. The monoisotopic (exact) mass is 466 g/mol. The minimum absolute atomic E-state index is 0. The highest BCUT2D eigenvalue weighted by atomic mass is 127. The van der Waals surface area contributed by atoms with E-state index in [1.165, 1.54) is 14.2 Å². The Kier molecular flexibility index (Phi) is 6.36. The van der Waals surface area contributed by atoms with Gasteiger partial charge in [-0.2, -0.15) is 0 Å². The number of hydrogen-bond acceptors (Lipinski definition) is 5. The number of aryl methyl sites for hydroxylation is 1. The molecule has 0 atom stereocenters. The Bertz CT molecular complexity index is 960. The molecule has 0 aliphatic carbocycles. The van der Waals surface area contributed by atoms with Gasteiger partial charge in [0.25, 0.3) is 0 Å². The van der Waals surface area contributed by atoms with Crippen LogP contribution < -0.4 is 38.0 Å². The molecular formula is C19H19IN2O4. The maximum Gasteiger partial charge on any atom is 0.176 e. The highest BCUT2D eigenvalue weighted by Gasteiger charge is 2.14. The smallest absolute Gasteiger partial charge is 0.176 e. The maximum atomic E-state index is 11.0. The number of rotatable bonds is 5. The highest BCUT2D eigenvalue weighted by molar-refractivity contribution is 5.89. The first-order valence-corrected chi connectivity index (χ1v) is 7.75. The molecule has 0 unspecified atom stereocenters. The van der Waals surface area contributed by atoms with Crippen LogP contribution in [0.15, 0.2) is 47.9 Å². The molecule has 136 valence electrons. The predicted octanol–water partition coefficient (Wildman–Crippen LogP) is 0.380. The summed E-state index contributed by atoms with van der Waals surface area (Å²) in [6.07, 6.45) is 4.55. The van der Waals surface area contributed by atoms with Gasteiger partial charge in [0.1, 0.15) is 12.8 Å². The molecule has 0 amide bonds. The number of aromatic nitrogens is 1. The van der Waals surface area contributed by atoms with E-state index in [-0.39, 0.29) is 35.4 Å². The quantitative estimate of drug-likeness (QED) is 0.336. The summed E-state index contributed by atoms with van der Waals surface area (Å²) in [5.41, 5.74) is 2.26. The summed E-state index contributed by atoms with van der Waals surface area (Å²) in [7, 11) is 4.96. The molecule has 7 heteroatoms. The first kappa shape index (κ1) is 19.9. The second kappa shape index (κ2) is 8.31. The molecule has 6 nitrogen and oxygen atoms in total. The van der Waals surface area contributed by atoms with E-state index in [4.69, 9.17) is 9.47 Å². The fraction of sp³-hybridized carbons (Fsp3) is 0.211. The number of phenolic OH excluding ortho intramolecular Hbond substituents is 1. The van der Waals surface area contributed by atoms with Crippen LogP contribution in [0.4, 0.5) is 5.69 Å². The third kappa shape index (κ3) is 3.87. The lowest BCUT2D eigenvalue weighted by molar-refractivity contribution is -0.670. The Morgan fingerprint density at radius 3 is 2.42 bits per heavy atom. The molecule has 3 aromatic rings. The van der Waals surface area contributed by atoms with Crippen molar-refractivity contribution >= 4 is 16.5 Å². The number of nitrogens with zero attached hydrogens (tertiary/aromatic N) is 2. The Morgan fingerprint density at radius 1 is 1.08 bits per heavy atom. The topological polar surface area (TPSA) is 72.0 Å². The van der Waals surface area contributed by atoms with Crippen LogP contribution in [0.1, 0.15) is 11.1 Å². The second-order valence-electron chi connectivity index (χ2n) is 5.83. The van der Waals surface area contributed by atoms with Crippen molar-refractivity contribution in [2.24, 2.45) is 12.2 Å². The molecule has 1 aromatic heterocycles. The van der Waals surface area contributed by atoms with Gasteiger partial charge in [0, 0.05) is 22.8 Å². The number of hydrogen-bond donors (Lipinski definition) is 1. The first-order chi connectivity index (χ1) is 12.0. The lowest BCUT2D eigenvalue weighted by Gasteiger charge is -2.10. The van der Waals surface area contributed by atoms with Crippen LogP contribution in [0.2, 0.25) is 0 Å². The van der Waals surface area contributed by atoms with Crippen molar-refractivity contribution in [3.63, 3.8) is 0 Å². The molecule has 1 heterocycles. The number of halogens is 1. The van der Waals surface area contributed by atoms with E-state index < -0.39 is 0 Å². The Hall–Kier alpha value is -2.42. The first-order valence-electron chi connectivity index (χ1n) is 7.75. The number of benzene rings is 2. The van der Waals surface area contributed by atoms with Crippen LogP contribution in [-0.2, 0) is 13.5 Å². The number of methoxy groups -OCH3 is 2. The summed E-state index contributed by atoms with van der Waals surface area (Å²) in [4.78, 5) is 11.0. The minimum Gasteiger partial charge on any atom is -1.00 e. The molecule has 26 heavy (non-hydrogen) atoms. The fourth-order valence-electron chi connectivity index (χ4n) is 2.98. The van der Waals surface area contributed by atoms with E-state index >= 15 is 0 Å². The molecule has 2 aromatic carbocycles. The molecule has 0 aliphatic rings. The second-order valence-corrected chi connectivity index (χ2v) is 5.83. The van der Waals surface area contributed by atoms with Gasteiger partial charge in [-0.25, -0.2) is 4.57 Å². The number of ether oxygens (including phenoxy) is 2. The standard InChI is InChI=1S/C19H18N2O4.HI/c1-21-10-13(6-12-4-5-18(24-2)17(22)7-12)15-9-19(25-3)16(20-23)8-14(15)11-21;/h4-5,7-11H,6H2,1-3H3;1H. The summed E-state index contributed by atoms with van der Waals surface area (Å²) < 4.78 is 12.3. The number of phenols is 1. The normalized spacial score (nSPS) is 10.3. The van der Waals surface area contributed by atoms with Crippen molar-refractivity contribution in [1.82, 2.24) is 0 Å². The summed E-state index contributed by atoms with van der Waals surface area (Å²) in [6.45, 7) is 0. The third-order valence-electron chi connectivity index (χ3n) is 4.14. The van der Waals surface area contributed by atoms with Crippen LogP contribution in [-0.4, -0.2) is 19.3 Å². The van der Waals surface area contributed by atoms with Crippen molar-refractivity contribution in [1.29, 1.82) is 0 Å². The summed E-state index contributed by atoms with van der Waals surface area (Å²) in [5, 5.41) is 14.9. The van der Waals surface area contributed by atoms with Crippen molar-refractivity contribution < 1.29 is 43.1 Å². The van der Waals surface area contributed by atoms with Gasteiger partial charge in [0.2, 0.25) is 0 Å². The van der Waals surface area contributed by atoms with E-state index in [0.717, 1.165) is 21.9 Å². The van der Waals surface area contributed by atoms with Gasteiger partial charge in [-0.1, -0.05) is 6.07 Å². The maximum absolute atomic E-state index is 11.0. The van der Waals surface area contributed by atoms with Gasteiger partial charge in [0.05, 0.1) is 14.2 Å². The lowest BCUT2D eigenvalue weighted by atomic mass is 9.99. The van der Waals surface area contributed by atoms with Crippen molar-refractivity contribution in [2.45, 2.75) is 6.42 Å². The number of nitroso groups, excluding NO2 is 1. The Balaban J connectivity index is 0.00000243. The number of pyridine rings is 1. The molecule has 0 saturated carbocycles. The summed E-state index contributed by atoms with van der Waals surface area (Å²) >= 11 is 0. The van der Waals surface area contributed by atoms with Crippen molar-refractivity contribution in [3.05, 3.63) is 58.8 Å². The largest absolute Gasteiger partial charge is 1.00 e. The van der Waals surface area contributed by atoms with Gasteiger partial charge < -0.3 is 38.6 Å². The van der Waals surface area contributed by atoms with E-state index in [2.05, 4.69) is 5.18 Å². The van der Waals surface area contributed by atoms with Crippen LogP contribution in [0.3, 0.4) is 0 Å². The van der Waals surface area contributed by atoms with Gasteiger partial charge in [0.15, 0.2) is 29.6 Å². The fourth-order valence-corrected chi connectivity index (χ4v) is 2.98. The molecule has 3 rings (SSSR count). The molecule has 0 spiro atoms. The summed E-state index contributed by atoms with van der Waals surface area (Å²) in [5.74, 6) is 0.986. The lowest BCUT2D eigenvalue weighted by Crippen LogP contribution is -3.00. The molecule has 0 radical (unpaired) electrons. The van der Waals surface area contributed by atoms with E-state index in [1.54, 1.807) is 18.2 Å². The van der Waals surface area contributed by atoms with Crippen LogP contribution in [0, 0.1) is 4.91 Å². The van der Waals surface area contributed by atoms with E-state index in [9.17, 15) is 10.0 Å². The molecule has 0 aliphatic heterocycles. The minimum atomic E-state index is 0. The molecule has 1 N–H and O–H groups in total. The van der Waals surface area contributed by atoms with Gasteiger partial charge in [-0.3, -0.25) is 0 Å². The van der Waals surface area contributed by atoms with Gasteiger partial charge in [-0.15, -0.1) is 4.91 Å². The Morgan fingerprint density at radius 2 is 1.81 bits per heavy atom. The number of aromatic hydroxyl groups is 1. The SMILES string of the molecule is COc1ccc(Cc2c[n+](C)cc3cc(N=O)c(OC)cc23)cc1O.[I-]. The van der Waals surface area contributed by atoms with Gasteiger partial charge >= 0.3 is 0 Å². The zero-order chi connectivity index (χ0) is 18.0. The molecule has 0 saturated heterocycles. The molecule has 0 bridgehead atoms.